The fourth-order valence-electron chi connectivity index (χ4n) is 1.71. The van der Waals surface area contributed by atoms with Gasteiger partial charge in [0.1, 0.15) is 12.1 Å². The van der Waals surface area contributed by atoms with Gasteiger partial charge in [0.15, 0.2) is 5.82 Å². The van der Waals surface area contributed by atoms with E-state index in [4.69, 9.17) is 0 Å². The van der Waals surface area contributed by atoms with Crippen molar-refractivity contribution in [1.29, 1.82) is 0 Å². The standard InChI is InChI=1S/C12H16N6O/c1-8-5-4-6-13-10(8)16-12(19)15-9(2)11-17-14-7-18(11)3/h4-7,9H,1-3H3,(H2,13,15,16,19)/t9-/m0/s1. The molecule has 0 saturated heterocycles. The molecule has 2 amide bonds. The van der Waals surface area contributed by atoms with Gasteiger partial charge in [-0.05, 0) is 25.5 Å². The SMILES string of the molecule is Cc1cccnc1NC(=O)N[C@@H](C)c1nncn1C. The molecule has 19 heavy (non-hydrogen) atoms. The molecule has 2 heterocycles. The van der Waals surface area contributed by atoms with Gasteiger partial charge in [0.25, 0.3) is 0 Å². The molecule has 0 saturated carbocycles. The Morgan fingerprint density at radius 1 is 1.47 bits per heavy atom. The van der Waals surface area contributed by atoms with Gasteiger partial charge in [-0.1, -0.05) is 6.07 Å². The highest BCUT2D eigenvalue weighted by atomic mass is 16.2. The van der Waals surface area contributed by atoms with Gasteiger partial charge in [0.2, 0.25) is 0 Å². The highest BCUT2D eigenvalue weighted by Gasteiger charge is 2.14. The summed E-state index contributed by atoms with van der Waals surface area (Å²) >= 11 is 0. The van der Waals surface area contributed by atoms with E-state index in [0.717, 1.165) is 5.56 Å². The Hall–Kier alpha value is -2.44. The molecule has 7 heteroatoms. The maximum Gasteiger partial charge on any atom is 0.320 e. The number of anilines is 1. The molecule has 0 aliphatic rings. The molecule has 0 aliphatic carbocycles. The van der Waals surface area contributed by atoms with E-state index in [-0.39, 0.29) is 12.1 Å². The van der Waals surface area contributed by atoms with Crippen molar-refractivity contribution in [1.82, 2.24) is 25.1 Å². The van der Waals surface area contributed by atoms with Gasteiger partial charge in [-0.2, -0.15) is 0 Å². The summed E-state index contributed by atoms with van der Waals surface area (Å²) in [5.41, 5.74) is 0.906. The van der Waals surface area contributed by atoms with Crippen LogP contribution in [0, 0.1) is 6.92 Å². The van der Waals surface area contributed by atoms with Crippen LogP contribution in [0.2, 0.25) is 0 Å². The molecule has 2 N–H and O–H groups in total. The van der Waals surface area contributed by atoms with E-state index in [2.05, 4.69) is 25.8 Å². The minimum atomic E-state index is -0.322. The summed E-state index contributed by atoms with van der Waals surface area (Å²) in [6, 6.07) is 3.14. The molecule has 2 aromatic rings. The number of hydrogen-bond acceptors (Lipinski definition) is 4. The van der Waals surface area contributed by atoms with E-state index >= 15 is 0 Å². The third-order valence-electron chi connectivity index (χ3n) is 2.72. The lowest BCUT2D eigenvalue weighted by atomic mass is 10.3. The average Bonchev–Trinajstić information content (AvgIpc) is 2.78. The van der Waals surface area contributed by atoms with Crippen LogP contribution in [0.3, 0.4) is 0 Å². The number of pyridine rings is 1. The summed E-state index contributed by atoms with van der Waals surface area (Å²) in [6.07, 6.45) is 3.23. The van der Waals surface area contributed by atoms with E-state index in [1.54, 1.807) is 17.1 Å². The normalized spacial score (nSPS) is 11.9. The third kappa shape index (κ3) is 3.06. The highest BCUT2D eigenvalue weighted by Crippen LogP contribution is 2.10. The van der Waals surface area contributed by atoms with Crippen molar-refractivity contribution in [2.75, 3.05) is 5.32 Å². The van der Waals surface area contributed by atoms with Gasteiger partial charge < -0.3 is 9.88 Å². The van der Waals surface area contributed by atoms with Gasteiger partial charge in [-0.3, -0.25) is 5.32 Å². The van der Waals surface area contributed by atoms with Crippen LogP contribution in [0.5, 0.6) is 0 Å². The second-order valence-corrected chi connectivity index (χ2v) is 4.29. The maximum atomic E-state index is 11.9. The first-order valence-corrected chi connectivity index (χ1v) is 5.91. The molecule has 100 valence electrons. The topological polar surface area (TPSA) is 84.7 Å². The van der Waals surface area contributed by atoms with E-state index in [1.807, 2.05) is 33.0 Å². The largest absolute Gasteiger partial charge is 0.328 e. The molecule has 0 fully saturated rings. The van der Waals surface area contributed by atoms with Crippen LogP contribution in [0.4, 0.5) is 10.6 Å². The van der Waals surface area contributed by atoms with Gasteiger partial charge in [-0.15, -0.1) is 10.2 Å². The molecule has 0 spiro atoms. The molecule has 0 aromatic carbocycles. The molecular weight excluding hydrogens is 244 g/mol. The van der Waals surface area contributed by atoms with Crippen LogP contribution in [-0.2, 0) is 7.05 Å². The number of carbonyl (C=O) groups excluding carboxylic acids is 1. The first-order valence-electron chi connectivity index (χ1n) is 5.91. The summed E-state index contributed by atoms with van der Waals surface area (Å²) in [4.78, 5) is 16.0. The van der Waals surface area contributed by atoms with Crippen LogP contribution < -0.4 is 10.6 Å². The predicted octanol–water partition coefficient (Wildman–Crippen LogP) is 1.40. The van der Waals surface area contributed by atoms with Crippen molar-refractivity contribution in [2.45, 2.75) is 19.9 Å². The number of urea groups is 1. The first-order chi connectivity index (χ1) is 9.08. The summed E-state index contributed by atoms with van der Waals surface area (Å²) in [6.45, 7) is 3.73. The van der Waals surface area contributed by atoms with Crippen molar-refractivity contribution in [3.05, 3.63) is 36.0 Å². The quantitative estimate of drug-likeness (QED) is 0.873. The molecule has 2 rings (SSSR count). The minimum absolute atomic E-state index is 0.239. The Labute approximate surface area is 111 Å². The summed E-state index contributed by atoms with van der Waals surface area (Å²) in [7, 11) is 1.83. The van der Waals surface area contributed by atoms with Crippen LogP contribution in [0.15, 0.2) is 24.7 Å². The van der Waals surface area contributed by atoms with Crippen molar-refractivity contribution in [2.24, 2.45) is 7.05 Å². The van der Waals surface area contributed by atoms with Crippen molar-refractivity contribution < 1.29 is 4.79 Å². The number of carbonyl (C=O) groups is 1. The zero-order chi connectivity index (χ0) is 13.8. The van der Waals surface area contributed by atoms with Gasteiger partial charge in [0.05, 0.1) is 6.04 Å². The van der Waals surface area contributed by atoms with Crippen molar-refractivity contribution in [3.8, 4) is 0 Å². The Morgan fingerprint density at radius 2 is 2.26 bits per heavy atom. The number of nitrogens with zero attached hydrogens (tertiary/aromatic N) is 4. The fourth-order valence-corrected chi connectivity index (χ4v) is 1.71. The predicted molar refractivity (Wildman–Crippen MR) is 70.5 cm³/mol. The minimum Gasteiger partial charge on any atom is -0.328 e. The van der Waals surface area contributed by atoms with Gasteiger partial charge in [-0.25, -0.2) is 9.78 Å². The third-order valence-corrected chi connectivity index (χ3v) is 2.72. The second-order valence-electron chi connectivity index (χ2n) is 4.29. The first kappa shape index (κ1) is 13.0. The Morgan fingerprint density at radius 3 is 2.89 bits per heavy atom. The zero-order valence-electron chi connectivity index (χ0n) is 11.1. The van der Waals surface area contributed by atoms with Crippen LogP contribution in [-0.4, -0.2) is 25.8 Å². The molecule has 2 aromatic heterocycles. The molecule has 7 nitrogen and oxygen atoms in total. The number of hydrogen-bond donors (Lipinski definition) is 2. The zero-order valence-corrected chi connectivity index (χ0v) is 11.1. The lowest BCUT2D eigenvalue weighted by molar-refractivity contribution is 0.248. The van der Waals surface area contributed by atoms with E-state index in [9.17, 15) is 4.79 Å². The number of aromatic nitrogens is 4. The Bertz CT molecular complexity index is 579. The molecule has 0 unspecified atom stereocenters. The lowest BCUT2D eigenvalue weighted by Gasteiger charge is -2.14. The highest BCUT2D eigenvalue weighted by molar-refractivity contribution is 5.89. The van der Waals surface area contributed by atoms with Crippen LogP contribution in [0.25, 0.3) is 0 Å². The van der Waals surface area contributed by atoms with E-state index in [0.29, 0.717) is 11.6 Å². The van der Waals surface area contributed by atoms with Gasteiger partial charge in [0, 0.05) is 13.2 Å². The van der Waals surface area contributed by atoms with Crippen LogP contribution in [0.1, 0.15) is 24.4 Å². The number of aryl methyl sites for hydroxylation is 2. The molecule has 0 radical (unpaired) electrons. The van der Waals surface area contributed by atoms with E-state index < -0.39 is 0 Å². The van der Waals surface area contributed by atoms with Gasteiger partial charge >= 0.3 is 6.03 Å². The Kier molecular flexibility index (Phi) is 3.74. The average molecular weight is 260 g/mol. The smallest absolute Gasteiger partial charge is 0.320 e. The van der Waals surface area contributed by atoms with Crippen molar-refractivity contribution >= 4 is 11.8 Å². The number of amides is 2. The molecule has 0 aliphatic heterocycles. The van der Waals surface area contributed by atoms with E-state index in [1.165, 1.54) is 0 Å². The maximum absolute atomic E-state index is 11.9. The summed E-state index contributed by atoms with van der Waals surface area (Å²) < 4.78 is 1.76. The number of nitrogens with one attached hydrogen (secondary N) is 2. The second kappa shape index (κ2) is 5.47. The monoisotopic (exact) mass is 260 g/mol. The fraction of sp³-hybridized carbons (Fsp3) is 0.333. The lowest BCUT2D eigenvalue weighted by Crippen LogP contribution is -2.32. The Balaban J connectivity index is 1.99. The summed E-state index contributed by atoms with van der Waals surface area (Å²) in [5.74, 6) is 1.23. The molecule has 0 bridgehead atoms. The summed E-state index contributed by atoms with van der Waals surface area (Å²) in [5, 5.41) is 13.2. The molecule has 1 atom stereocenters. The number of rotatable bonds is 3. The van der Waals surface area contributed by atoms with Crippen molar-refractivity contribution in [3.63, 3.8) is 0 Å². The van der Waals surface area contributed by atoms with Crippen LogP contribution >= 0.6 is 0 Å². The molecular formula is C12H16N6O.